The van der Waals surface area contributed by atoms with Crippen molar-refractivity contribution < 1.29 is 9.53 Å². The van der Waals surface area contributed by atoms with Gasteiger partial charge in [-0.2, -0.15) is 0 Å². The van der Waals surface area contributed by atoms with E-state index >= 15 is 0 Å². The number of hydrogen-bond acceptors (Lipinski definition) is 2. The summed E-state index contributed by atoms with van der Waals surface area (Å²) in [6.45, 7) is 7.71. The summed E-state index contributed by atoms with van der Waals surface area (Å²) in [7, 11) is 0. The standard InChI is InChI=1S/C18H24O2/c1-4-15(2)10-8-9-11-16(3)20-18(19)14-17-12-6-5-7-13-17/h4-7,10,12-13,16H,1,8-9,11,14H2,2-3H3/b15-10+. The van der Waals surface area contributed by atoms with Gasteiger partial charge in [0.05, 0.1) is 12.5 Å². The predicted molar refractivity (Wildman–Crippen MR) is 83.5 cm³/mol. The Kier molecular flexibility index (Phi) is 7.41. The Hall–Kier alpha value is -1.83. The normalized spacial score (nSPS) is 12.8. The van der Waals surface area contributed by atoms with Crippen LogP contribution in [-0.4, -0.2) is 12.1 Å². The van der Waals surface area contributed by atoms with E-state index in [1.165, 1.54) is 5.57 Å². The highest BCUT2D eigenvalue weighted by molar-refractivity contribution is 5.72. The van der Waals surface area contributed by atoms with Crippen molar-refractivity contribution in [3.8, 4) is 0 Å². The monoisotopic (exact) mass is 272 g/mol. The van der Waals surface area contributed by atoms with Gasteiger partial charge in [-0.1, -0.05) is 54.6 Å². The lowest BCUT2D eigenvalue weighted by atomic mass is 10.1. The van der Waals surface area contributed by atoms with Crippen molar-refractivity contribution >= 4 is 5.97 Å². The molecule has 0 amide bonds. The van der Waals surface area contributed by atoms with Crippen LogP contribution in [0.5, 0.6) is 0 Å². The maximum atomic E-state index is 11.8. The number of unbranched alkanes of at least 4 members (excludes halogenated alkanes) is 1. The van der Waals surface area contributed by atoms with E-state index in [1.54, 1.807) is 0 Å². The fourth-order valence-corrected chi connectivity index (χ4v) is 1.91. The molecule has 1 aromatic carbocycles. The summed E-state index contributed by atoms with van der Waals surface area (Å²) in [5.74, 6) is -0.151. The second kappa shape index (κ2) is 9.13. The van der Waals surface area contributed by atoms with Crippen molar-refractivity contribution in [1.82, 2.24) is 0 Å². The van der Waals surface area contributed by atoms with Gasteiger partial charge in [0, 0.05) is 0 Å². The maximum Gasteiger partial charge on any atom is 0.310 e. The molecule has 0 saturated carbocycles. The Morgan fingerprint density at radius 2 is 2.05 bits per heavy atom. The van der Waals surface area contributed by atoms with E-state index in [2.05, 4.69) is 12.7 Å². The first-order chi connectivity index (χ1) is 9.61. The Morgan fingerprint density at radius 1 is 1.35 bits per heavy atom. The average molecular weight is 272 g/mol. The lowest BCUT2D eigenvalue weighted by Gasteiger charge is -2.12. The van der Waals surface area contributed by atoms with Gasteiger partial charge in [-0.15, -0.1) is 0 Å². The lowest BCUT2D eigenvalue weighted by Crippen LogP contribution is -2.16. The van der Waals surface area contributed by atoms with Gasteiger partial charge in [-0.05, 0) is 38.7 Å². The van der Waals surface area contributed by atoms with Crippen LogP contribution in [0.15, 0.2) is 54.6 Å². The molecular weight excluding hydrogens is 248 g/mol. The van der Waals surface area contributed by atoms with Crippen LogP contribution in [-0.2, 0) is 16.0 Å². The van der Waals surface area contributed by atoms with Crippen molar-refractivity contribution in [3.05, 3.63) is 60.2 Å². The number of esters is 1. The van der Waals surface area contributed by atoms with Crippen molar-refractivity contribution in [3.63, 3.8) is 0 Å². The fraction of sp³-hybridized carbons (Fsp3) is 0.389. The van der Waals surface area contributed by atoms with Crippen molar-refractivity contribution in [2.75, 3.05) is 0 Å². The van der Waals surface area contributed by atoms with Crippen LogP contribution in [0.3, 0.4) is 0 Å². The first-order valence-corrected chi connectivity index (χ1v) is 7.14. The smallest absolute Gasteiger partial charge is 0.310 e. The molecule has 1 atom stereocenters. The average Bonchev–Trinajstić information content (AvgIpc) is 2.44. The van der Waals surface area contributed by atoms with Gasteiger partial charge >= 0.3 is 5.97 Å². The first-order valence-electron chi connectivity index (χ1n) is 7.14. The lowest BCUT2D eigenvalue weighted by molar-refractivity contribution is -0.147. The van der Waals surface area contributed by atoms with Crippen LogP contribution in [0.25, 0.3) is 0 Å². The van der Waals surface area contributed by atoms with Crippen LogP contribution < -0.4 is 0 Å². The Labute approximate surface area is 122 Å². The molecule has 0 aliphatic carbocycles. The summed E-state index contributed by atoms with van der Waals surface area (Å²) in [6, 6.07) is 9.68. The topological polar surface area (TPSA) is 26.3 Å². The molecule has 0 radical (unpaired) electrons. The zero-order valence-electron chi connectivity index (χ0n) is 12.5. The minimum atomic E-state index is -0.151. The molecule has 0 saturated heterocycles. The van der Waals surface area contributed by atoms with Crippen molar-refractivity contribution in [2.24, 2.45) is 0 Å². The van der Waals surface area contributed by atoms with Crippen molar-refractivity contribution in [2.45, 2.75) is 45.6 Å². The molecule has 0 bridgehead atoms. The van der Waals surface area contributed by atoms with E-state index in [-0.39, 0.29) is 12.1 Å². The van der Waals surface area contributed by atoms with Gasteiger partial charge in [0.1, 0.15) is 0 Å². The van der Waals surface area contributed by atoms with Crippen LogP contribution in [0.4, 0.5) is 0 Å². The third-order valence-electron chi connectivity index (χ3n) is 3.13. The fourth-order valence-electron chi connectivity index (χ4n) is 1.91. The van der Waals surface area contributed by atoms with E-state index in [4.69, 9.17) is 4.74 Å². The van der Waals surface area contributed by atoms with E-state index < -0.39 is 0 Å². The van der Waals surface area contributed by atoms with Gasteiger partial charge in [0.15, 0.2) is 0 Å². The molecule has 2 nitrogen and oxygen atoms in total. The highest BCUT2D eigenvalue weighted by Crippen LogP contribution is 2.09. The summed E-state index contributed by atoms with van der Waals surface area (Å²) < 4.78 is 5.41. The molecule has 0 N–H and O–H groups in total. The molecule has 1 rings (SSSR count). The van der Waals surface area contributed by atoms with Gasteiger partial charge in [-0.3, -0.25) is 4.79 Å². The summed E-state index contributed by atoms with van der Waals surface area (Å²) >= 11 is 0. The highest BCUT2D eigenvalue weighted by Gasteiger charge is 2.09. The molecule has 0 fully saturated rings. The van der Waals surface area contributed by atoms with E-state index in [9.17, 15) is 4.79 Å². The molecule has 0 heterocycles. The molecule has 0 spiro atoms. The number of benzene rings is 1. The number of rotatable bonds is 8. The summed E-state index contributed by atoms with van der Waals surface area (Å²) in [4.78, 5) is 11.8. The Bertz CT molecular complexity index is 446. The first kappa shape index (κ1) is 16.2. The minimum absolute atomic E-state index is 0.0244. The third-order valence-corrected chi connectivity index (χ3v) is 3.13. The van der Waals surface area contributed by atoms with Crippen LogP contribution in [0.2, 0.25) is 0 Å². The molecule has 1 unspecified atom stereocenters. The number of carbonyl (C=O) groups excluding carboxylic acids is 1. The van der Waals surface area contributed by atoms with Crippen LogP contribution >= 0.6 is 0 Å². The quantitative estimate of drug-likeness (QED) is 0.396. The van der Waals surface area contributed by atoms with E-state index in [0.717, 1.165) is 24.8 Å². The predicted octanol–water partition coefficient (Wildman–Crippen LogP) is 4.46. The number of carbonyl (C=O) groups is 1. The van der Waals surface area contributed by atoms with Crippen LogP contribution in [0.1, 0.15) is 38.7 Å². The number of allylic oxidation sites excluding steroid dienone is 3. The van der Waals surface area contributed by atoms with Gasteiger partial charge in [0.25, 0.3) is 0 Å². The zero-order valence-corrected chi connectivity index (χ0v) is 12.5. The molecule has 0 aromatic heterocycles. The van der Waals surface area contributed by atoms with E-state index in [0.29, 0.717) is 6.42 Å². The minimum Gasteiger partial charge on any atom is -0.462 e. The number of hydrogen-bond donors (Lipinski definition) is 0. The zero-order chi connectivity index (χ0) is 14.8. The molecule has 0 aliphatic heterocycles. The van der Waals surface area contributed by atoms with Gasteiger partial charge in [0.2, 0.25) is 0 Å². The van der Waals surface area contributed by atoms with E-state index in [1.807, 2.05) is 50.3 Å². The molecular formula is C18H24O2. The largest absolute Gasteiger partial charge is 0.462 e. The Morgan fingerprint density at radius 3 is 2.70 bits per heavy atom. The van der Waals surface area contributed by atoms with Crippen molar-refractivity contribution in [1.29, 1.82) is 0 Å². The second-order valence-electron chi connectivity index (χ2n) is 5.05. The SMILES string of the molecule is C=C/C(C)=C/CCCC(C)OC(=O)Cc1ccccc1. The second-order valence-corrected chi connectivity index (χ2v) is 5.05. The molecule has 108 valence electrons. The summed E-state index contributed by atoms with van der Waals surface area (Å²) in [5, 5.41) is 0. The maximum absolute atomic E-state index is 11.8. The molecule has 1 aromatic rings. The highest BCUT2D eigenvalue weighted by atomic mass is 16.5. The summed E-state index contributed by atoms with van der Waals surface area (Å²) in [5.41, 5.74) is 2.19. The Balaban J connectivity index is 2.23. The molecule has 20 heavy (non-hydrogen) atoms. The molecule has 2 heteroatoms. The molecule has 0 aliphatic rings. The van der Waals surface area contributed by atoms with Gasteiger partial charge < -0.3 is 4.74 Å². The third kappa shape index (κ3) is 6.93. The van der Waals surface area contributed by atoms with Gasteiger partial charge in [-0.25, -0.2) is 0 Å². The number of ether oxygens (including phenoxy) is 1. The van der Waals surface area contributed by atoms with Crippen LogP contribution in [0, 0.1) is 0 Å². The summed E-state index contributed by atoms with van der Waals surface area (Å²) in [6.07, 6.45) is 7.24.